The van der Waals surface area contributed by atoms with Crippen LogP contribution in [0, 0.1) is 0 Å². The highest BCUT2D eigenvalue weighted by Gasteiger charge is 2.35. The number of carbonyl (C=O) groups excluding carboxylic acids is 1. The van der Waals surface area contributed by atoms with Crippen molar-refractivity contribution in [3.05, 3.63) is 115 Å². The summed E-state index contributed by atoms with van der Waals surface area (Å²) in [6.07, 6.45) is 7.92. The predicted molar refractivity (Wildman–Crippen MR) is 188 cm³/mol. The maximum Gasteiger partial charge on any atom is 0.247 e. The second-order valence-corrected chi connectivity index (χ2v) is 13.3. The Morgan fingerprint density at radius 3 is 2.56 bits per heavy atom. The number of nitrogens with one attached hydrogen (secondary N) is 1. The van der Waals surface area contributed by atoms with Gasteiger partial charge in [-0.2, -0.15) is 0 Å². The molecule has 5 aromatic rings. The maximum absolute atomic E-state index is 13.4. The minimum absolute atomic E-state index is 0.0183. The van der Waals surface area contributed by atoms with E-state index in [-0.39, 0.29) is 29.7 Å². The van der Waals surface area contributed by atoms with Gasteiger partial charge in [0.15, 0.2) is 11.7 Å². The molecule has 6 heterocycles. The number of nitrogens with zero attached hydrogens (tertiary/aromatic N) is 6. The molecule has 0 amide bonds. The van der Waals surface area contributed by atoms with E-state index < -0.39 is 5.43 Å². The van der Waals surface area contributed by atoms with E-state index >= 15 is 0 Å². The van der Waals surface area contributed by atoms with Crippen molar-refractivity contribution in [1.29, 1.82) is 0 Å². The number of aromatic nitrogens is 4. The molecule has 2 unspecified atom stereocenters. The molecule has 1 N–H and O–H groups in total. The molecule has 11 nitrogen and oxygen atoms in total. The van der Waals surface area contributed by atoms with Crippen molar-refractivity contribution in [2.75, 3.05) is 50.1 Å². The monoisotopic (exact) mass is 685 g/mol. The average molecular weight is 687 g/mol. The van der Waals surface area contributed by atoms with Crippen LogP contribution in [-0.4, -0.2) is 83.1 Å². The number of pyridine rings is 4. The Bertz CT molecular complexity index is 2090. The van der Waals surface area contributed by atoms with Gasteiger partial charge in [0.2, 0.25) is 11.4 Å². The Balaban J connectivity index is 1.28. The predicted octanol–water partition coefficient (Wildman–Crippen LogP) is 4.78. The van der Waals surface area contributed by atoms with Crippen LogP contribution in [0.25, 0.3) is 16.6 Å². The Kier molecular flexibility index (Phi) is 8.67. The van der Waals surface area contributed by atoms with E-state index in [1.165, 1.54) is 6.07 Å². The minimum atomic E-state index is -0.401. The maximum atomic E-state index is 13.4. The van der Waals surface area contributed by atoms with Gasteiger partial charge in [0.05, 0.1) is 39.7 Å². The lowest BCUT2D eigenvalue weighted by molar-refractivity contribution is 0.112. The second-order valence-electron chi connectivity index (χ2n) is 12.4. The van der Waals surface area contributed by atoms with Crippen LogP contribution in [0.15, 0.2) is 82.9 Å². The summed E-state index contributed by atoms with van der Waals surface area (Å²) in [6.45, 7) is 2.62. The van der Waals surface area contributed by atoms with Crippen LogP contribution >= 0.6 is 23.2 Å². The third-order valence-electron chi connectivity index (χ3n) is 9.29. The highest BCUT2D eigenvalue weighted by atomic mass is 35.5. The standard InChI is InChI=1S/C35H33Cl2N7O4/c1-41(2)26-17-42(18-26)32-7-6-24(14-39-32)43-16-23(19-45)34(47)27-11-29(37)31(12-30(27)43)44-15-22(21-5-8-33(46)40-13-21)10-25(44)20-48-35-28(36)4-3-9-38-35/h3-9,11-14,16,19,22,25-26H,10,15,17-18,20H2,1-2H3,(H,40,46). The topological polar surface area (TPSA) is 117 Å². The van der Waals surface area contributed by atoms with E-state index in [1.54, 1.807) is 43.0 Å². The molecule has 4 aromatic heterocycles. The molecule has 0 radical (unpaired) electrons. The van der Waals surface area contributed by atoms with Crippen molar-refractivity contribution in [2.24, 2.45) is 0 Å². The highest BCUT2D eigenvalue weighted by molar-refractivity contribution is 6.34. The fourth-order valence-corrected chi connectivity index (χ4v) is 6.94. The number of halogens is 2. The molecular weight excluding hydrogens is 653 g/mol. The van der Waals surface area contributed by atoms with Crippen LogP contribution in [0.3, 0.4) is 0 Å². The van der Waals surface area contributed by atoms with Crippen molar-refractivity contribution in [3.8, 4) is 11.6 Å². The van der Waals surface area contributed by atoms with E-state index in [2.05, 4.69) is 38.8 Å². The number of fused-ring (bicyclic) bond motifs is 1. The van der Waals surface area contributed by atoms with Gasteiger partial charge in [0.25, 0.3) is 0 Å². The van der Waals surface area contributed by atoms with Gasteiger partial charge in [-0.25, -0.2) is 9.97 Å². The number of H-pyrrole nitrogens is 1. The van der Waals surface area contributed by atoms with Crippen LogP contribution in [-0.2, 0) is 0 Å². The zero-order valence-electron chi connectivity index (χ0n) is 26.3. The normalized spacial score (nSPS) is 18.0. The lowest BCUT2D eigenvalue weighted by Crippen LogP contribution is -2.57. The number of hydrogen-bond donors (Lipinski definition) is 1. The highest BCUT2D eigenvalue weighted by Crippen LogP contribution is 2.40. The minimum Gasteiger partial charge on any atom is -0.474 e. The molecule has 13 heteroatoms. The molecule has 2 fully saturated rings. The number of ether oxygens (including phenoxy) is 1. The number of aldehydes is 1. The van der Waals surface area contributed by atoms with Crippen molar-refractivity contribution in [3.63, 3.8) is 0 Å². The summed E-state index contributed by atoms with van der Waals surface area (Å²) in [5, 5.41) is 1.08. The lowest BCUT2D eigenvalue weighted by atomic mass is 9.98. The first-order valence-corrected chi connectivity index (χ1v) is 16.4. The number of hydrogen-bond acceptors (Lipinski definition) is 9. The van der Waals surface area contributed by atoms with Gasteiger partial charge >= 0.3 is 0 Å². The van der Waals surface area contributed by atoms with Gasteiger partial charge in [0.1, 0.15) is 17.4 Å². The Hall–Kier alpha value is -4.71. The molecule has 2 saturated heterocycles. The number of carbonyl (C=O) groups is 1. The van der Waals surface area contributed by atoms with Crippen molar-refractivity contribution < 1.29 is 9.53 Å². The van der Waals surface area contributed by atoms with Crippen LogP contribution in [0.4, 0.5) is 11.5 Å². The summed E-state index contributed by atoms with van der Waals surface area (Å²) in [4.78, 5) is 55.6. The summed E-state index contributed by atoms with van der Waals surface area (Å²) < 4.78 is 7.93. The SMILES string of the molecule is CN(C)C1CN(c2ccc(-n3cc(C=O)c(=O)c4cc(Cl)c(N5CC(c6ccc(=O)[nH]c6)CC5COc5ncccc5Cl)cc43)cn2)C1. The number of aromatic amines is 1. The van der Waals surface area contributed by atoms with Crippen molar-refractivity contribution >= 4 is 51.9 Å². The van der Waals surface area contributed by atoms with Crippen molar-refractivity contribution in [1.82, 2.24) is 24.4 Å². The molecule has 0 saturated carbocycles. The van der Waals surface area contributed by atoms with Gasteiger partial charge in [0, 0.05) is 61.6 Å². The zero-order valence-corrected chi connectivity index (χ0v) is 27.9. The third-order valence-corrected chi connectivity index (χ3v) is 9.88. The van der Waals surface area contributed by atoms with Crippen LogP contribution in [0.1, 0.15) is 28.3 Å². The molecule has 2 aliphatic rings. The first kappa shape index (κ1) is 31.9. The first-order chi connectivity index (χ1) is 23.2. The van der Waals surface area contributed by atoms with Crippen molar-refractivity contribution in [2.45, 2.75) is 24.4 Å². The summed E-state index contributed by atoms with van der Waals surface area (Å²) in [5.41, 5.74) is 2.40. The van der Waals surface area contributed by atoms with Crippen LogP contribution in [0.5, 0.6) is 5.88 Å². The van der Waals surface area contributed by atoms with E-state index in [1.807, 2.05) is 28.8 Å². The van der Waals surface area contributed by atoms with Gasteiger partial charge in [-0.15, -0.1) is 0 Å². The second kappa shape index (κ2) is 13.1. The van der Waals surface area contributed by atoms with E-state index in [0.29, 0.717) is 63.5 Å². The zero-order chi connectivity index (χ0) is 33.5. The molecule has 0 spiro atoms. The van der Waals surface area contributed by atoms with Crippen LogP contribution < -0.4 is 25.5 Å². The summed E-state index contributed by atoms with van der Waals surface area (Å²) in [7, 11) is 4.14. The Morgan fingerprint density at radius 1 is 1.04 bits per heavy atom. The van der Waals surface area contributed by atoms with Gasteiger partial charge in [-0.3, -0.25) is 14.4 Å². The summed E-state index contributed by atoms with van der Waals surface area (Å²) >= 11 is 13.3. The van der Waals surface area contributed by atoms with Crippen LogP contribution in [0.2, 0.25) is 10.0 Å². The molecule has 2 atom stereocenters. The molecule has 2 aliphatic heterocycles. The fourth-order valence-electron chi connectivity index (χ4n) is 6.49. The van der Waals surface area contributed by atoms with E-state index in [4.69, 9.17) is 32.9 Å². The third kappa shape index (κ3) is 6.05. The number of anilines is 2. The Morgan fingerprint density at radius 2 is 1.88 bits per heavy atom. The number of rotatable bonds is 9. The lowest BCUT2D eigenvalue weighted by Gasteiger charge is -2.43. The fraction of sp³-hybridized carbons (Fsp3) is 0.286. The van der Waals surface area contributed by atoms with Gasteiger partial charge in [-0.05, 0) is 62.5 Å². The number of likely N-dealkylation sites (N-methyl/N-ethyl adjacent to an activating group) is 1. The molecule has 0 aliphatic carbocycles. The molecule has 1 aromatic carbocycles. The van der Waals surface area contributed by atoms with Gasteiger partial charge in [-0.1, -0.05) is 29.3 Å². The average Bonchev–Trinajstić information content (AvgIpc) is 3.48. The largest absolute Gasteiger partial charge is 0.474 e. The smallest absolute Gasteiger partial charge is 0.247 e. The quantitative estimate of drug-likeness (QED) is 0.219. The molecule has 246 valence electrons. The summed E-state index contributed by atoms with van der Waals surface area (Å²) in [5.74, 6) is 1.24. The first-order valence-electron chi connectivity index (χ1n) is 15.6. The van der Waals surface area contributed by atoms with E-state index in [0.717, 1.165) is 24.5 Å². The molecule has 7 rings (SSSR count). The molecular formula is C35H33Cl2N7O4. The summed E-state index contributed by atoms with van der Waals surface area (Å²) in [6, 6.07) is 14.5. The van der Waals surface area contributed by atoms with E-state index in [9.17, 15) is 14.4 Å². The molecule has 0 bridgehead atoms. The molecule has 48 heavy (non-hydrogen) atoms. The van der Waals surface area contributed by atoms with Gasteiger partial charge < -0.3 is 29.0 Å². The Labute approximate surface area is 286 Å². The number of benzene rings is 1.